The maximum Gasteiger partial charge on any atom is 0.271 e. The van der Waals surface area contributed by atoms with Crippen molar-refractivity contribution in [3.63, 3.8) is 0 Å². The van der Waals surface area contributed by atoms with Crippen LogP contribution in [0.25, 0.3) is 0 Å². The van der Waals surface area contributed by atoms with Crippen molar-refractivity contribution in [3.8, 4) is 17.2 Å². The Kier molecular flexibility index (Phi) is 6.43. The summed E-state index contributed by atoms with van der Waals surface area (Å²) in [6.07, 6.45) is 0. The third kappa shape index (κ3) is 5.08. The van der Waals surface area contributed by atoms with Gasteiger partial charge in [0.05, 0.1) is 16.0 Å². The molecule has 0 spiro atoms. The lowest BCUT2D eigenvalue weighted by Crippen LogP contribution is -2.35. The summed E-state index contributed by atoms with van der Waals surface area (Å²) in [5.74, 6) is 1.32. The fourth-order valence-corrected chi connectivity index (χ4v) is 3.20. The largest absolute Gasteiger partial charge is 0.486 e. The Balaban J connectivity index is 1.65. The van der Waals surface area contributed by atoms with Crippen molar-refractivity contribution in [1.29, 1.82) is 0 Å². The second-order valence-electron chi connectivity index (χ2n) is 6.85. The van der Waals surface area contributed by atoms with Crippen molar-refractivity contribution in [2.24, 2.45) is 5.92 Å². The number of nitro benzene ring substituents is 1. The lowest BCUT2D eigenvalue weighted by Gasteiger charge is -2.25. The van der Waals surface area contributed by atoms with E-state index in [1.165, 1.54) is 18.2 Å². The molecule has 29 heavy (non-hydrogen) atoms. The summed E-state index contributed by atoms with van der Waals surface area (Å²) in [7, 11) is 0. The van der Waals surface area contributed by atoms with Gasteiger partial charge in [-0.15, -0.1) is 0 Å². The average molecular weight is 421 g/mol. The van der Waals surface area contributed by atoms with E-state index in [4.69, 9.17) is 25.8 Å². The van der Waals surface area contributed by atoms with E-state index < -0.39 is 4.92 Å². The quantitative estimate of drug-likeness (QED) is 0.538. The van der Waals surface area contributed by atoms with Crippen molar-refractivity contribution in [1.82, 2.24) is 5.32 Å². The van der Waals surface area contributed by atoms with Crippen molar-refractivity contribution in [3.05, 3.63) is 57.1 Å². The van der Waals surface area contributed by atoms with Crippen LogP contribution in [0.2, 0.25) is 5.02 Å². The summed E-state index contributed by atoms with van der Waals surface area (Å²) in [4.78, 5) is 22.6. The summed E-state index contributed by atoms with van der Waals surface area (Å²) in [6.45, 7) is 4.72. The summed E-state index contributed by atoms with van der Waals surface area (Å²) in [5.41, 5.74) is 0.747. The summed E-state index contributed by atoms with van der Waals surface area (Å²) >= 11 is 5.99. The molecule has 1 aliphatic rings. The van der Waals surface area contributed by atoms with E-state index in [1.807, 2.05) is 32.0 Å². The van der Waals surface area contributed by atoms with E-state index in [9.17, 15) is 14.9 Å². The number of carbonyl (C=O) groups excluding carboxylic acids is 1. The molecule has 0 radical (unpaired) electrons. The topological polar surface area (TPSA) is 99.9 Å². The fourth-order valence-electron chi connectivity index (χ4n) is 2.97. The van der Waals surface area contributed by atoms with Gasteiger partial charge in [-0.25, -0.2) is 0 Å². The van der Waals surface area contributed by atoms with Crippen LogP contribution >= 0.6 is 11.6 Å². The molecule has 1 heterocycles. The predicted molar refractivity (Wildman–Crippen MR) is 107 cm³/mol. The number of amides is 1. The molecule has 3 rings (SSSR count). The molecule has 0 unspecified atom stereocenters. The van der Waals surface area contributed by atoms with E-state index in [0.29, 0.717) is 24.7 Å². The van der Waals surface area contributed by atoms with Crippen LogP contribution in [0.3, 0.4) is 0 Å². The predicted octanol–water partition coefficient (Wildman–Crippen LogP) is 3.91. The van der Waals surface area contributed by atoms with Gasteiger partial charge in [0.25, 0.3) is 11.6 Å². The van der Waals surface area contributed by atoms with Crippen LogP contribution in [-0.2, 0) is 4.79 Å². The van der Waals surface area contributed by atoms with Gasteiger partial charge in [0, 0.05) is 12.1 Å². The number of benzene rings is 2. The van der Waals surface area contributed by atoms with Gasteiger partial charge in [-0.3, -0.25) is 14.9 Å². The van der Waals surface area contributed by atoms with Crippen LogP contribution in [0, 0.1) is 16.0 Å². The van der Waals surface area contributed by atoms with Crippen molar-refractivity contribution >= 4 is 23.2 Å². The molecule has 1 aliphatic heterocycles. The highest BCUT2D eigenvalue weighted by Gasteiger charge is 2.22. The van der Waals surface area contributed by atoms with Crippen LogP contribution < -0.4 is 19.5 Å². The molecule has 2 aromatic rings. The second kappa shape index (κ2) is 9.00. The van der Waals surface area contributed by atoms with Crippen LogP contribution in [0.4, 0.5) is 5.69 Å². The van der Waals surface area contributed by atoms with E-state index in [2.05, 4.69) is 5.32 Å². The summed E-state index contributed by atoms with van der Waals surface area (Å²) in [5, 5.41) is 13.8. The lowest BCUT2D eigenvalue weighted by molar-refractivity contribution is -0.384. The van der Waals surface area contributed by atoms with Gasteiger partial charge in [0.1, 0.15) is 19.0 Å². The van der Waals surface area contributed by atoms with Crippen LogP contribution in [0.1, 0.15) is 25.5 Å². The second-order valence-corrected chi connectivity index (χ2v) is 7.26. The Morgan fingerprint density at radius 3 is 2.59 bits per heavy atom. The highest BCUT2D eigenvalue weighted by Crippen LogP contribution is 2.34. The number of non-ortho nitro benzene ring substituents is 1. The molecule has 0 saturated heterocycles. The van der Waals surface area contributed by atoms with Crippen molar-refractivity contribution in [2.45, 2.75) is 19.9 Å². The third-order valence-electron chi connectivity index (χ3n) is 4.39. The lowest BCUT2D eigenvalue weighted by atomic mass is 9.95. The fraction of sp³-hybridized carbons (Fsp3) is 0.350. The molecule has 154 valence electrons. The molecule has 9 heteroatoms. The number of carbonyl (C=O) groups is 1. The molecule has 0 aliphatic carbocycles. The maximum atomic E-state index is 12.4. The first-order valence-corrected chi connectivity index (χ1v) is 9.48. The maximum absolute atomic E-state index is 12.4. The number of hydrogen-bond donors (Lipinski definition) is 1. The molecule has 2 aromatic carbocycles. The number of hydrogen-bond acceptors (Lipinski definition) is 6. The number of nitrogens with zero attached hydrogens (tertiary/aromatic N) is 1. The van der Waals surface area contributed by atoms with Crippen molar-refractivity contribution < 1.29 is 23.9 Å². The zero-order valence-corrected chi connectivity index (χ0v) is 16.8. The Labute approximate surface area is 172 Å². The van der Waals surface area contributed by atoms with Crippen LogP contribution in [0.15, 0.2) is 36.4 Å². The normalized spacial score (nSPS) is 13.7. The number of nitro groups is 1. The summed E-state index contributed by atoms with van der Waals surface area (Å²) < 4.78 is 16.6. The molecule has 1 N–H and O–H groups in total. The van der Waals surface area contributed by atoms with Gasteiger partial charge in [0.2, 0.25) is 0 Å². The third-order valence-corrected chi connectivity index (χ3v) is 4.69. The Hall–Kier alpha value is -3.00. The van der Waals surface area contributed by atoms with E-state index >= 15 is 0 Å². The Bertz CT molecular complexity index is 918. The minimum Gasteiger partial charge on any atom is -0.486 e. The van der Waals surface area contributed by atoms with E-state index in [1.54, 1.807) is 0 Å². The monoisotopic (exact) mass is 420 g/mol. The SMILES string of the molecule is CC(C)[C@H](NC(=O)COc1ccc([N+](=O)[O-])cc1Cl)c1ccc2c(c1)OCCO2. The minimum atomic E-state index is -0.553. The summed E-state index contributed by atoms with van der Waals surface area (Å²) in [6, 6.07) is 9.16. The van der Waals surface area contributed by atoms with Gasteiger partial charge in [0.15, 0.2) is 18.1 Å². The first kappa shape index (κ1) is 20.7. The number of ether oxygens (including phenoxy) is 3. The van der Waals surface area contributed by atoms with E-state index in [-0.39, 0.29) is 40.9 Å². The molecule has 0 saturated carbocycles. The molecular weight excluding hydrogens is 400 g/mol. The molecule has 1 amide bonds. The van der Waals surface area contributed by atoms with Gasteiger partial charge in [-0.05, 0) is 29.7 Å². The molecule has 8 nitrogen and oxygen atoms in total. The standard InChI is InChI=1S/C20H21ClN2O6/c1-12(2)20(13-3-5-17-18(9-13)28-8-7-27-17)22-19(24)11-29-16-6-4-14(23(25)26)10-15(16)21/h3-6,9-10,12,20H,7-8,11H2,1-2H3,(H,22,24)/t20-/m0/s1. The molecule has 1 atom stereocenters. The van der Waals surface area contributed by atoms with Gasteiger partial charge >= 0.3 is 0 Å². The van der Waals surface area contributed by atoms with Gasteiger partial charge in [-0.2, -0.15) is 0 Å². The van der Waals surface area contributed by atoms with Crippen LogP contribution in [0.5, 0.6) is 17.2 Å². The first-order valence-electron chi connectivity index (χ1n) is 9.11. The van der Waals surface area contributed by atoms with Crippen molar-refractivity contribution in [2.75, 3.05) is 19.8 Å². The van der Waals surface area contributed by atoms with Crippen LogP contribution in [-0.4, -0.2) is 30.7 Å². The highest BCUT2D eigenvalue weighted by atomic mass is 35.5. The zero-order valence-electron chi connectivity index (χ0n) is 16.0. The molecule has 0 bridgehead atoms. The Morgan fingerprint density at radius 2 is 1.93 bits per heavy atom. The molecule has 0 fully saturated rings. The van der Waals surface area contributed by atoms with Gasteiger partial charge in [-0.1, -0.05) is 31.5 Å². The molecular formula is C20H21ClN2O6. The first-order chi connectivity index (χ1) is 13.8. The number of rotatable bonds is 7. The number of nitrogens with one attached hydrogen (secondary N) is 1. The number of halogens is 1. The minimum absolute atomic E-state index is 0.0687. The molecule has 0 aromatic heterocycles. The average Bonchev–Trinajstić information content (AvgIpc) is 2.70. The van der Waals surface area contributed by atoms with Gasteiger partial charge < -0.3 is 19.5 Å². The van der Waals surface area contributed by atoms with E-state index in [0.717, 1.165) is 5.56 Å². The Morgan fingerprint density at radius 1 is 1.21 bits per heavy atom. The zero-order chi connectivity index (χ0) is 21.0. The smallest absolute Gasteiger partial charge is 0.271 e. The highest BCUT2D eigenvalue weighted by molar-refractivity contribution is 6.32. The number of fused-ring (bicyclic) bond motifs is 1.